The average Bonchev–Trinajstić information content (AvgIpc) is 3.23. The summed E-state index contributed by atoms with van der Waals surface area (Å²) < 4.78 is 69.9. The highest BCUT2D eigenvalue weighted by atomic mass is 19.4. The number of alkyl halides is 3. The molecule has 0 saturated heterocycles. The van der Waals surface area contributed by atoms with Gasteiger partial charge in [0.1, 0.15) is 23.3 Å². The molecule has 13 heteroatoms. The van der Waals surface area contributed by atoms with Crippen molar-refractivity contribution in [2.24, 2.45) is 4.99 Å². The highest BCUT2D eigenvalue weighted by Gasteiger charge is 2.50. The predicted octanol–water partition coefficient (Wildman–Crippen LogP) is 4.45. The molecule has 230 valence electrons. The van der Waals surface area contributed by atoms with Crippen molar-refractivity contribution >= 4 is 17.8 Å². The minimum Gasteiger partial charge on any atom is -0.494 e. The molecule has 1 amide bonds. The first-order chi connectivity index (χ1) is 19.6. The Morgan fingerprint density at radius 2 is 1.81 bits per heavy atom. The van der Waals surface area contributed by atoms with Gasteiger partial charge in [0.25, 0.3) is 5.91 Å². The Morgan fingerprint density at radius 1 is 1.12 bits per heavy atom. The van der Waals surface area contributed by atoms with Crippen molar-refractivity contribution in [3.8, 4) is 5.75 Å². The van der Waals surface area contributed by atoms with Crippen LogP contribution in [0.3, 0.4) is 0 Å². The van der Waals surface area contributed by atoms with Gasteiger partial charge in [0.05, 0.1) is 12.2 Å². The van der Waals surface area contributed by atoms with Crippen LogP contribution in [-0.2, 0) is 31.8 Å². The van der Waals surface area contributed by atoms with Crippen molar-refractivity contribution in [2.75, 3.05) is 13.2 Å². The molecule has 3 N–H and O–H groups in total. The van der Waals surface area contributed by atoms with Crippen LogP contribution in [0.2, 0.25) is 0 Å². The van der Waals surface area contributed by atoms with E-state index in [0.717, 1.165) is 12.1 Å². The maximum Gasteiger partial charge on any atom is 0.416 e. The van der Waals surface area contributed by atoms with Crippen molar-refractivity contribution in [1.29, 1.82) is 0 Å². The van der Waals surface area contributed by atoms with Gasteiger partial charge >= 0.3 is 12.1 Å². The molecule has 2 aromatic carbocycles. The summed E-state index contributed by atoms with van der Waals surface area (Å²) >= 11 is 0. The molecule has 1 aliphatic heterocycles. The number of hydrogen-bond acceptors (Lipinski definition) is 8. The lowest BCUT2D eigenvalue weighted by molar-refractivity contribution is -0.155. The van der Waals surface area contributed by atoms with E-state index in [1.165, 1.54) is 0 Å². The molecule has 0 fully saturated rings. The zero-order valence-corrected chi connectivity index (χ0v) is 23.8. The van der Waals surface area contributed by atoms with Gasteiger partial charge in [0.15, 0.2) is 5.54 Å². The molecule has 1 heterocycles. The third-order valence-corrected chi connectivity index (χ3v) is 6.24. The Hall–Kier alpha value is -3.71. The van der Waals surface area contributed by atoms with Crippen LogP contribution in [0.5, 0.6) is 5.75 Å². The first kappa shape index (κ1) is 32.8. The summed E-state index contributed by atoms with van der Waals surface area (Å²) in [5.74, 6) is -1.63. The van der Waals surface area contributed by atoms with Gasteiger partial charge in [-0.3, -0.25) is 15.0 Å². The number of carbonyl (C=O) groups is 2. The number of nitrogens with one attached hydrogen (secondary N) is 2. The van der Waals surface area contributed by atoms with E-state index in [-0.39, 0.29) is 37.5 Å². The first-order valence-electron chi connectivity index (χ1n) is 13.4. The summed E-state index contributed by atoms with van der Waals surface area (Å²) in [6.07, 6.45) is -5.38. The number of hydrogen-bond donors (Lipinski definition) is 3. The van der Waals surface area contributed by atoms with Gasteiger partial charge in [-0.15, -0.1) is 0 Å². The van der Waals surface area contributed by atoms with Crippen molar-refractivity contribution < 1.29 is 46.5 Å². The summed E-state index contributed by atoms with van der Waals surface area (Å²) in [6.45, 7) is 6.75. The molecule has 1 aliphatic rings. The number of aliphatic hydroxyl groups excluding tert-OH is 1. The fourth-order valence-corrected chi connectivity index (χ4v) is 4.19. The largest absolute Gasteiger partial charge is 0.494 e. The molecule has 2 aromatic rings. The number of esters is 1. The number of carbonyl (C=O) groups excluding carboxylic acids is 2. The molecule has 0 aliphatic carbocycles. The molecule has 0 saturated carbocycles. The normalized spacial score (nSPS) is 18.7. The molecule has 2 atom stereocenters. The summed E-state index contributed by atoms with van der Waals surface area (Å²) in [4.78, 5) is 30.6. The Bertz CT molecular complexity index is 1280. The van der Waals surface area contributed by atoms with Crippen molar-refractivity contribution in [1.82, 2.24) is 10.9 Å². The van der Waals surface area contributed by atoms with Gasteiger partial charge < -0.3 is 19.3 Å². The topological polar surface area (TPSA) is 118 Å². The predicted molar refractivity (Wildman–Crippen MR) is 145 cm³/mol. The second-order valence-corrected chi connectivity index (χ2v) is 10.8. The van der Waals surface area contributed by atoms with Gasteiger partial charge in [-0.2, -0.15) is 13.2 Å². The van der Waals surface area contributed by atoms with Crippen LogP contribution >= 0.6 is 0 Å². The molecule has 0 spiro atoms. The van der Waals surface area contributed by atoms with Crippen LogP contribution in [0, 0.1) is 5.82 Å². The van der Waals surface area contributed by atoms with E-state index in [4.69, 9.17) is 19.3 Å². The van der Waals surface area contributed by atoms with E-state index in [2.05, 4.69) is 15.8 Å². The highest BCUT2D eigenvalue weighted by Crippen LogP contribution is 2.34. The van der Waals surface area contributed by atoms with E-state index in [0.29, 0.717) is 30.4 Å². The fraction of sp³-hybridized carbons (Fsp3) is 0.483. The molecular weight excluding hydrogens is 562 g/mol. The van der Waals surface area contributed by atoms with Crippen LogP contribution in [0.15, 0.2) is 47.5 Å². The fourth-order valence-electron chi connectivity index (χ4n) is 4.19. The second-order valence-electron chi connectivity index (χ2n) is 10.8. The number of amides is 1. The monoisotopic (exact) mass is 597 g/mol. The number of aliphatic imine (C=N–C) groups is 1. The number of nitrogens with zero attached hydrogens (tertiary/aromatic N) is 1. The minimum absolute atomic E-state index is 0.000250. The Balaban J connectivity index is 1.80. The lowest BCUT2D eigenvalue weighted by atomic mass is 9.88. The summed E-state index contributed by atoms with van der Waals surface area (Å²) in [5, 5.41) is 8.91. The first-order valence-corrected chi connectivity index (χ1v) is 13.4. The maximum atomic E-state index is 13.8. The Morgan fingerprint density at radius 3 is 2.43 bits per heavy atom. The second kappa shape index (κ2) is 13.5. The maximum absolute atomic E-state index is 13.8. The van der Waals surface area contributed by atoms with Crippen molar-refractivity contribution in [2.45, 2.75) is 76.9 Å². The van der Waals surface area contributed by atoms with Gasteiger partial charge in [-0.05, 0) is 82.1 Å². The summed E-state index contributed by atoms with van der Waals surface area (Å²) in [5.41, 5.74) is 1.95. The number of aliphatic hydroxyl groups is 1. The van der Waals surface area contributed by atoms with Crippen molar-refractivity contribution in [3.63, 3.8) is 0 Å². The zero-order chi connectivity index (χ0) is 31.1. The van der Waals surface area contributed by atoms with Crippen LogP contribution in [0.4, 0.5) is 17.6 Å². The van der Waals surface area contributed by atoms with E-state index in [1.807, 2.05) is 0 Å². The van der Waals surface area contributed by atoms with Crippen LogP contribution in [0.25, 0.3) is 0 Å². The average molecular weight is 598 g/mol. The molecule has 3 rings (SSSR count). The number of ether oxygens (including phenoxy) is 3. The molecule has 0 aromatic heterocycles. The molecule has 42 heavy (non-hydrogen) atoms. The van der Waals surface area contributed by atoms with Gasteiger partial charge in [-0.1, -0.05) is 0 Å². The third kappa shape index (κ3) is 8.89. The van der Waals surface area contributed by atoms with Gasteiger partial charge in [-0.25, -0.2) is 14.8 Å². The third-order valence-electron chi connectivity index (χ3n) is 6.24. The Kier molecular flexibility index (Phi) is 10.6. The van der Waals surface area contributed by atoms with Crippen molar-refractivity contribution in [3.05, 3.63) is 65.0 Å². The van der Waals surface area contributed by atoms with Gasteiger partial charge in [0, 0.05) is 31.6 Å². The highest BCUT2D eigenvalue weighted by molar-refractivity contribution is 6.00. The molecule has 9 nitrogen and oxygen atoms in total. The standard InChI is InChI=1S/C29H35F4N3O6/c1-18-28(11-10-24(38)42-27(2,3)4,35-25(41-18)20-6-8-23(9-7-20)40-13-5-12-37)26(39)36-34-17-19-14-21(29(31,32)33)16-22(30)15-19/h6-9,14-16,18,34,37H,5,10-13,17H2,1-4H3,(H,36,39)/t18-,28-/m0/s1. The van der Waals surface area contributed by atoms with E-state index >= 15 is 0 Å². The molecule has 0 bridgehead atoms. The molecular formula is C29H35F4N3O6. The van der Waals surface area contributed by atoms with Gasteiger partial charge in [0.2, 0.25) is 5.90 Å². The smallest absolute Gasteiger partial charge is 0.416 e. The minimum atomic E-state index is -4.74. The quantitative estimate of drug-likeness (QED) is 0.143. The number of benzene rings is 2. The van der Waals surface area contributed by atoms with E-state index in [9.17, 15) is 27.2 Å². The summed E-state index contributed by atoms with van der Waals surface area (Å²) in [6, 6.07) is 8.80. The SMILES string of the molecule is C[C@@H]1OC(c2ccc(OCCCO)cc2)=N[C@]1(CCC(=O)OC(C)(C)C)C(=O)NNCc1cc(F)cc(C(F)(F)F)c1. The lowest BCUT2D eigenvalue weighted by Gasteiger charge is -2.28. The number of hydrazine groups is 1. The van der Waals surface area contributed by atoms with Crippen LogP contribution in [-0.4, -0.2) is 53.3 Å². The molecule has 0 radical (unpaired) electrons. The number of rotatable bonds is 12. The van der Waals surface area contributed by atoms with E-state index in [1.54, 1.807) is 52.0 Å². The molecule has 0 unspecified atom stereocenters. The van der Waals surface area contributed by atoms with Crippen LogP contribution in [0.1, 0.15) is 63.6 Å². The number of halogens is 4. The summed E-state index contributed by atoms with van der Waals surface area (Å²) in [7, 11) is 0. The Labute approximate surface area is 241 Å². The van der Waals surface area contributed by atoms with Crippen LogP contribution < -0.4 is 15.6 Å². The lowest BCUT2D eigenvalue weighted by Crippen LogP contribution is -2.54. The zero-order valence-electron chi connectivity index (χ0n) is 23.8. The van der Waals surface area contributed by atoms with E-state index < -0.39 is 46.7 Å².